The van der Waals surface area contributed by atoms with Gasteiger partial charge in [-0.2, -0.15) is 0 Å². The molecule has 0 saturated heterocycles. The Labute approximate surface area is 122 Å². The van der Waals surface area contributed by atoms with Crippen molar-refractivity contribution < 1.29 is 9.84 Å². The lowest BCUT2D eigenvalue weighted by Crippen LogP contribution is -2.42. The van der Waals surface area contributed by atoms with E-state index in [0.717, 1.165) is 50.4 Å². The van der Waals surface area contributed by atoms with Gasteiger partial charge in [-0.15, -0.1) is 0 Å². The monoisotopic (exact) mass is 274 g/mol. The molecule has 4 unspecified atom stereocenters. The zero-order valence-corrected chi connectivity index (χ0v) is 12.6. The smallest absolute Gasteiger partial charge is 0.122 e. The maximum absolute atomic E-state index is 11.1. The highest BCUT2D eigenvalue weighted by Crippen LogP contribution is 2.45. The highest BCUT2D eigenvalue weighted by atomic mass is 16.5. The van der Waals surface area contributed by atoms with Gasteiger partial charge in [0.1, 0.15) is 5.75 Å². The summed E-state index contributed by atoms with van der Waals surface area (Å²) < 4.78 is 5.74. The quantitative estimate of drug-likeness (QED) is 0.878. The van der Waals surface area contributed by atoms with E-state index >= 15 is 0 Å². The zero-order valence-electron chi connectivity index (χ0n) is 12.6. The summed E-state index contributed by atoms with van der Waals surface area (Å²) in [6.07, 6.45) is 5.19. The van der Waals surface area contributed by atoms with Crippen LogP contribution in [0.1, 0.15) is 57.4 Å². The van der Waals surface area contributed by atoms with E-state index in [1.54, 1.807) is 0 Å². The second-order valence-electron chi connectivity index (χ2n) is 6.96. The van der Waals surface area contributed by atoms with Gasteiger partial charge < -0.3 is 9.84 Å². The topological polar surface area (TPSA) is 29.5 Å². The predicted octanol–water partition coefficient (Wildman–Crippen LogP) is 4.13. The molecule has 2 aliphatic rings. The van der Waals surface area contributed by atoms with E-state index < -0.39 is 5.60 Å². The molecule has 0 spiro atoms. The van der Waals surface area contributed by atoms with Gasteiger partial charge in [-0.3, -0.25) is 0 Å². The molecule has 0 bridgehead atoms. The second kappa shape index (κ2) is 5.40. The first-order chi connectivity index (χ1) is 9.58. The minimum absolute atomic E-state index is 0.404. The van der Waals surface area contributed by atoms with Crippen molar-refractivity contribution >= 4 is 0 Å². The van der Waals surface area contributed by atoms with Gasteiger partial charge in [-0.05, 0) is 61.5 Å². The molecule has 3 rings (SSSR count). The summed E-state index contributed by atoms with van der Waals surface area (Å²) in [6.45, 7) is 5.31. The molecule has 0 radical (unpaired) electrons. The third kappa shape index (κ3) is 2.58. The number of rotatable bonds is 2. The van der Waals surface area contributed by atoms with Crippen molar-refractivity contribution in [3.05, 3.63) is 29.8 Å². The minimum Gasteiger partial charge on any atom is -0.493 e. The Morgan fingerprint density at radius 3 is 2.85 bits per heavy atom. The Bertz CT molecular complexity index is 470. The first kappa shape index (κ1) is 13.9. The molecule has 1 fully saturated rings. The SMILES string of the molecule is CC1CCC(O)(CC2CCOc3ccccc32)C(C)C1. The summed E-state index contributed by atoms with van der Waals surface area (Å²) in [6, 6.07) is 8.33. The molecule has 1 aliphatic carbocycles. The lowest BCUT2D eigenvalue weighted by Gasteiger charge is -2.43. The Kier molecular flexibility index (Phi) is 3.76. The van der Waals surface area contributed by atoms with Crippen molar-refractivity contribution in [2.24, 2.45) is 11.8 Å². The van der Waals surface area contributed by atoms with Crippen LogP contribution in [0.4, 0.5) is 0 Å². The average molecular weight is 274 g/mol. The fourth-order valence-electron chi connectivity index (χ4n) is 4.04. The zero-order chi connectivity index (χ0) is 14.2. The van der Waals surface area contributed by atoms with Gasteiger partial charge in [0, 0.05) is 0 Å². The van der Waals surface area contributed by atoms with Gasteiger partial charge in [0.2, 0.25) is 0 Å². The molecule has 1 heterocycles. The summed E-state index contributed by atoms with van der Waals surface area (Å²) in [5.74, 6) is 2.62. The molecule has 1 saturated carbocycles. The third-order valence-corrected chi connectivity index (χ3v) is 5.43. The summed E-state index contributed by atoms with van der Waals surface area (Å²) >= 11 is 0. The first-order valence-corrected chi connectivity index (χ1v) is 8.02. The molecule has 1 aromatic rings. The van der Waals surface area contributed by atoms with Gasteiger partial charge in [0.25, 0.3) is 0 Å². The molecule has 110 valence electrons. The van der Waals surface area contributed by atoms with Crippen molar-refractivity contribution in [1.82, 2.24) is 0 Å². The van der Waals surface area contributed by atoms with Crippen LogP contribution in [0, 0.1) is 11.8 Å². The number of ether oxygens (including phenoxy) is 1. The lowest BCUT2D eigenvalue weighted by atomic mass is 9.67. The number of hydrogen-bond donors (Lipinski definition) is 1. The molecule has 1 aromatic carbocycles. The van der Waals surface area contributed by atoms with E-state index in [0.29, 0.717) is 11.8 Å². The van der Waals surface area contributed by atoms with Crippen LogP contribution in [-0.4, -0.2) is 17.3 Å². The Morgan fingerprint density at radius 1 is 1.25 bits per heavy atom. The third-order valence-electron chi connectivity index (χ3n) is 5.43. The Hall–Kier alpha value is -1.02. The number of benzene rings is 1. The molecule has 2 heteroatoms. The molecular weight excluding hydrogens is 248 g/mol. The summed E-state index contributed by atoms with van der Waals surface area (Å²) in [5, 5.41) is 11.1. The number of para-hydroxylation sites is 1. The normalized spacial score (nSPS) is 37.0. The minimum atomic E-state index is -0.484. The fraction of sp³-hybridized carbons (Fsp3) is 0.667. The fourth-order valence-corrected chi connectivity index (χ4v) is 4.04. The predicted molar refractivity (Wildman–Crippen MR) is 81.0 cm³/mol. The van der Waals surface area contributed by atoms with Crippen LogP contribution in [-0.2, 0) is 0 Å². The highest BCUT2D eigenvalue weighted by Gasteiger charge is 2.41. The summed E-state index contributed by atoms with van der Waals surface area (Å²) in [7, 11) is 0. The van der Waals surface area contributed by atoms with Crippen molar-refractivity contribution in [3.8, 4) is 5.75 Å². The van der Waals surface area contributed by atoms with Crippen molar-refractivity contribution in [3.63, 3.8) is 0 Å². The molecule has 20 heavy (non-hydrogen) atoms. The maximum Gasteiger partial charge on any atom is 0.122 e. The van der Waals surface area contributed by atoms with E-state index in [9.17, 15) is 5.11 Å². The maximum atomic E-state index is 11.1. The first-order valence-electron chi connectivity index (χ1n) is 8.02. The van der Waals surface area contributed by atoms with Gasteiger partial charge in [0.05, 0.1) is 12.2 Å². The van der Waals surface area contributed by atoms with Crippen LogP contribution in [0.5, 0.6) is 5.75 Å². The molecule has 0 amide bonds. The van der Waals surface area contributed by atoms with Crippen LogP contribution < -0.4 is 4.74 Å². The van der Waals surface area contributed by atoms with E-state index in [2.05, 4.69) is 32.0 Å². The largest absolute Gasteiger partial charge is 0.493 e. The van der Waals surface area contributed by atoms with E-state index in [-0.39, 0.29) is 0 Å². The van der Waals surface area contributed by atoms with Crippen LogP contribution in [0.25, 0.3) is 0 Å². The standard InChI is InChI=1S/C18H26O2/c1-13-7-9-18(19,14(2)11-13)12-15-8-10-20-17-6-4-3-5-16(15)17/h3-6,13-15,19H,7-12H2,1-2H3. The van der Waals surface area contributed by atoms with Crippen LogP contribution in [0.3, 0.4) is 0 Å². The molecule has 4 atom stereocenters. The van der Waals surface area contributed by atoms with E-state index in [4.69, 9.17) is 4.74 Å². The molecular formula is C18H26O2. The molecule has 0 aromatic heterocycles. The summed E-state index contributed by atoms with van der Waals surface area (Å²) in [4.78, 5) is 0. The number of aliphatic hydroxyl groups is 1. The van der Waals surface area contributed by atoms with Gasteiger partial charge in [-0.25, -0.2) is 0 Å². The highest BCUT2D eigenvalue weighted by molar-refractivity contribution is 5.38. The molecule has 1 N–H and O–H groups in total. The van der Waals surface area contributed by atoms with Crippen LogP contribution in [0.15, 0.2) is 24.3 Å². The Morgan fingerprint density at radius 2 is 2.05 bits per heavy atom. The van der Waals surface area contributed by atoms with Crippen molar-refractivity contribution in [2.45, 2.75) is 57.5 Å². The van der Waals surface area contributed by atoms with Gasteiger partial charge >= 0.3 is 0 Å². The van der Waals surface area contributed by atoms with Gasteiger partial charge in [-0.1, -0.05) is 32.0 Å². The molecule has 2 nitrogen and oxygen atoms in total. The van der Waals surface area contributed by atoms with E-state index in [1.165, 1.54) is 5.56 Å². The van der Waals surface area contributed by atoms with Crippen molar-refractivity contribution in [2.75, 3.05) is 6.61 Å². The van der Waals surface area contributed by atoms with Gasteiger partial charge in [0.15, 0.2) is 0 Å². The number of fused-ring (bicyclic) bond motifs is 1. The van der Waals surface area contributed by atoms with Crippen LogP contribution in [0.2, 0.25) is 0 Å². The second-order valence-corrected chi connectivity index (χ2v) is 6.96. The average Bonchev–Trinajstić information content (AvgIpc) is 2.44. The number of hydrogen-bond acceptors (Lipinski definition) is 2. The van der Waals surface area contributed by atoms with Crippen molar-refractivity contribution in [1.29, 1.82) is 0 Å². The van der Waals surface area contributed by atoms with Crippen LogP contribution >= 0.6 is 0 Å². The lowest BCUT2D eigenvalue weighted by molar-refractivity contribution is -0.0658. The molecule has 1 aliphatic heterocycles. The Balaban J connectivity index is 1.78. The summed E-state index contributed by atoms with van der Waals surface area (Å²) in [5.41, 5.74) is 0.805. The van der Waals surface area contributed by atoms with E-state index in [1.807, 2.05) is 6.07 Å².